The Morgan fingerprint density at radius 3 is 2.37 bits per heavy atom. The Morgan fingerprint density at radius 1 is 1.05 bits per heavy atom. The first-order valence-electron chi connectivity index (χ1n) is 8.36. The van der Waals surface area contributed by atoms with Crippen LogP contribution in [-0.4, -0.2) is 24.0 Å². The second-order valence-corrected chi connectivity index (χ2v) is 7.46. The number of likely N-dealkylation sites (tertiary alicyclic amines) is 1. The molecule has 3 fully saturated rings. The highest BCUT2D eigenvalue weighted by Gasteiger charge is 2.40. The van der Waals surface area contributed by atoms with Crippen LogP contribution >= 0.6 is 0 Å². The zero-order valence-corrected chi connectivity index (χ0v) is 12.4. The van der Waals surface area contributed by atoms with Crippen LogP contribution < -0.4 is 0 Å². The summed E-state index contributed by atoms with van der Waals surface area (Å²) in [4.78, 5) is 2.67. The van der Waals surface area contributed by atoms with E-state index in [-0.39, 0.29) is 0 Å². The molecule has 0 aromatic rings. The molecule has 3 rings (SSSR count). The van der Waals surface area contributed by atoms with Gasteiger partial charge in [0.2, 0.25) is 0 Å². The monoisotopic (exact) mass is 260 g/mol. The van der Waals surface area contributed by atoms with E-state index < -0.39 is 0 Å². The van der Waals surface area contributed by atoms with Gasteiger partial charge in [0, 0.05) is 6.04 Å². The van der Waals surface area contributed by atoms with Gasteiger partial charge in [-0.25, -0.2) is 0 Å². The Balaban J connectivity index is 1.62. The lowest BCUT2D eigenvalue weighted by molar-refractivity contribution is 0.0378. The summed E-state index contributed by atoms with van der Waals surface area (Å²) in [6.07, 6.45) is 12.3. The molecule has 0 amide bonds. The van der Waals surface area contributed by atoms with E-state index >= 15 is 0 Å². The molecule has 2 heteroatoms. The van der Waals surface area contributed by atoms with E-state index in [9.17, 15) is 5.26 Å². The summed E-state index contributed by atoms with van der Waals surface area (Å²) in [5.41, 5.74) is 0.707. The summed E-state index contributed by atoms with van der Waals surface area (Å²) in [6, 6.07) is 3.15. The molecule has 19 heavy (non-hydrogen) atoms. The molecule has 0 N–H and O–H groups in total. The zero-order chi connectivity index (χ0) is 13.3. The van der Waals surface area contributed by atoms with Crippen molar-refractivity contribution in [2.45, 2.75) is 70.8 Å². The largest absolute Gasteiger partial charge is 0.299 e. The molecule has 2 saturated carbocycles. The van der Waals surface area contributed by atoms with Crippen LogP contribution in [0.25, 0.3) is 0 Å². The Morgan fingerprint density at radius 2 is 1.74 bits per heavy atom. The van der Waals surface area contributed by atoms with Crippen molar-refractivity contribution in [3.05, 3.63) is 0 Å². The summed E-state index contributed by atoms with van der Waals surface area (Å²) in [5, 5.41) is 9.41. The molecule has 0 aromatic carbocycles. The highest BCUT2D eigenvalue weighted by Crippen LogP contribution is 2.47. The van der Waals surface area contributed by atoms with Crippen LogP contribution in [0.3, 0.4) is 0 Å². The van der Waals surface area contributed by atoms with Gasteiger partial charge in [0.15, 0.2) is 0 Å². The summed E-state index contributed by atoms with van der Waals surface area (Å²) in [7, 11) is 0. The van der Waals surface area contributed by atoms with Crippen molar-refractivity contribution in [1.29, 1.82) is 5.26 Å². The van der Waals surface area contributed by atoms with Crippen LogP contribution in [0.2, 0.25) is 0 Å². The molecule has 3 aliphatic rings. The topological polar surface area (TPSA) is 27.0 Å². The maximum absolute atomic E-state index is 9.41. The van der Waals surface area contributed by atoms with Crippen LogP contribution in [0.1, 0.15) is 64.7 Å². The van der Waals surface area contributed by atoms with Crippen LogP contribution in [-0.2, 0) is 0 Å². The van der Waals surface area contributed by atoms with Gasteiger partial charge in [0.1, 0.15) is 0 Å². The average Bonchev–Trinajstić information content (AvgIpc) is 2.88. The van der Waals surface area contributed by atoms with Crippen molar-refractivity contribution in [2.24, 2.45) is 17.3 Å². The van der Waals surface area contributed by atoms with Gasteiger partial charge in [-0.3, -0.25) is 4.90 Å². The standard InChI is InChI=1S/C17H28N2/c1-14-4-5-15(13-18)16(12-14)19-10-8-17(9-11-19)6-2-3-7-17/h14-16H,2-12H2,1H3. The van der Waals surface area contributed by atoms with Gasteiger partial charge in [-0.15, -0.1) is 0 Å². The molecule has 0 aromatic heterocycles. The van der Waals surface area contributed by atoms with E-state index in [4.69, 9.17) is 0 Å². The highest BCUT2D eigenvalue weighted by atomic mass is 15.2. The molecular weight excluding hydrogens is 232 g/mol. The second-order valence-electron chi connectivity index (χ2n) is 7.46. The smallest absolute Gasteiger partial charge is 0.0672 e. The number of nitriles is 1. The van der Waals surface area contributed by atoms with Gasteiger partial charge in [-0.2, -0.15) is 5.26 Å². The van der Waals surface area contributed by atoms with Crippen molar-refractivity contribution < 1.29 is 0 Å². The van der Waals surface area contributed by atoms with Crippen LogP contribution in [0.4, 0.5) is 0 Å². The minimum atomic E-state index is 0.300. The summed E-state index contributed by atoms with van der Waals surface area (Å²) < 4.78 is 0. The zero-order valence-electron chi connectivity index (χ0n) is 12.4. The molecule has 1 heterocycles. The van der Waals surface area contributed by atoms with E-state index in [1.54, 1.807) is 0 Å². The minimum Gasteiger partial charge on any atom is -0.299 e. The van der Waals surface area contributed by atoms with Gasteiger partial charge >= 0.3 is 0 Å². The van der Waals surface area contributed by atoms with E-state index in [2.05, 4.69) is 17.9 Å². The molecule has 3 unspecified atom stereocenters. The highest BCUT2D eigenvalue weighted by molar-refractivity contribution is 4.99. The lowest BCUT2D eigenvalue weighted by Gasteiger charge is -2.46. The maximum atomic E-state index is 9.41. The van der Waals surface area contributed by atoms with Gasteiger partial charge in [-0.05, 0) is 69.4 Å². The fourth-order valence-corrected chi connectivity index (χ4v) is 4.86. The Labute approximate surface area is 118 Å². The van der Waals surface area contributed by atoms with E-state index in [0.29, 0.717) is 17.4 Å². The SMILES string of the molecule is CC1CCC(C#N)C(N2CCC3(CCCC3)CC2)C1. The molecule has 1 aliphatic heterocycles. The van der Waals surface area contributed by atoms with Crippen molar-refractivity contribution in [3.63, 3.8) is 0 Å². The molecule has 0 radical (unpaired) electrons. The van der Waals surface area contributed by atoms with Crippen molar-refractivity contribution in [2.75, 3.05) is 13.1 Å². The van der Waals surface area contributed by atoms with E-state index in [0.717, 1.165) is 12.3 Å². The Hall–Kier alpha value is -0.550. The lowest BCUT2D eigenvalue weighted by atomic mass is 9.74. The van der Waals surface area contributed by atoms with E-state index in [1.165, 1.54) is 64.5 Å². The first-order valence-corrected chi connectivity index (χ1v) is 8.36. The lowest BCUT2D eigenvalue weighted by Crippen LogP contribution is -2.49. The number of nitrogens with zero attached hydrogens (tertiary/aromatic N) is 2. The quantitative estimate of drug-likeness (QED) is 0.713. The summed E-state index contributed by atoms with van der Waals surface area (Å²) >= 11 is 0. The number of piperidine rings is 1. The third-order valence-corrected chi connectivity index (χ3v) is 6.24. The molecule has 1 spiro atoms. The summed E-state index contributed by atoms with van der Waals surface area (Å²) in [6.45, 7) is 4.88. The second kappa shape index (κ2) is 5.44. The first-order chi connectivity index (χ1) is 9.22. The first kappa shape index (κ1) is 13.4. The minimum absolute atomic E-state index is 0.300. The van der Waals surface area contributed by atoms with Gasteiger partial charge < -0.3 is 0 Å². The number of hydrogen-bond acceptors (Lipinski definition) is 2. The molecule has 106 valence electrons. The van der Waals surface area contributed by atoms with Crippen LogP contribution in [0.15, 0.2) is 0 Å². The Kier molecular flexibility index (Phi) is 3.85. The summed E-state index contributed by atoms with van der Waals surface area (Å²) in [5.74, 6) is 1.12. The fourth-order valence-electron chi connectivity index (χ4n) is 4.86. The Bertz CT molecular complexity index is 341. The third kappa shape index (κ3) is 2.68. The number of hydrogen-bond donors (Lipinski definition) is 0. The van der Waals surface area contributed by atoms with E-state index in [1.807, 2.05) is 0 Å². The third-order valence-electron chi connectivity index (χ3n) is 6.24. The van der Waals surface area contributed by atoms with Gasteiger partial charge in [-0.1, -0.05) is 19.8 Å². The predicted molar refractivity (Wildman–Crippen MR) is 77.6 cm³/mol. The molecule has 0 bridgehead atoms. The molecular formula is C17H28N2. The fraction of sp³-hybridized carbons (Fsp3) is 0.941. The van der Waals surface area contributed by atoms with Crippen molar-refractivity contribution in [3.8, 4) is 6.07 Å². The molecule has 3 atom stereocenters. The maximum Gasteiger partial charge on any atom is 0.0672 e. The van der Waals surface area contributed by atoms with Crippen molar-refractivity contribution in [1.82, 2.24) is 4.90 Å². The van der Waals surface area contributed by atoms with Crippen LogP contribution in [0.5, 0.6) is 0 Å². The normalized spacial score (nSPS) is 39.3. The average molecular weight is 260 g/mol. The molecule has 2 aliphatic carbocycles. The van der Waals surface area contributed by atoms with Crippen molar-refractivity contribution >= 4 is 0 Å². The van der Waals surface area contributed by atoms with Gasteiger partial charge in [0.25, 0.3) is 0 Å². The predicted octanol–water partition coefficient (Wildman–Crippen LogP) is 3.97. The van der Waals surface area contributed by atoms with Crippen LogP contribution in [0, 0.1) is 28.6 Å². The molecule has 1 saturated heterocycles. The van der Waals surface area contributed by atoms with Gasteiger partial charge in [0.05, 0.1) is 12.0 Å². The number of rotatable bonds is 1. The molecule has 2 nitrogen and oxygen atoms in total.